The van der Waals surface area contributed by atoms with Crippen molar-refractivity contribution in [2.75, 3.05) is 12.4 Å². The maximum absolute atomic E-state index is 13.6. The Morgan fingerprint density at radius 2 is 1.83 bits per heavy atom. The zero-order valence-electron chi connectivity index (χ0n) is 12.8. The summed E-state index contributed by atoms with van der Waals surface area (Å²) in [7, 11) is -2.14. The molecule has 2 rings (SSSR count). The summed E-state index contributed by atoms with van der Waals surface area (Å²) >= 11 is 5.65. The van der Waals surface area contributed by atoms with E-state index in [0.29, 0.717) is 6.42 Å². The van der Waals surface area contributed by atoms with E-state index in [-0.39, 0.29) is 27.9 Å². The molecule has 2 aromatic carbocycles. The molecule has 2 aromatic rings. The first-order valence-corrected chi connectivity index (χ1v) is 8.95. The zero-order chi connectivity index (χ0) is 17.7. The van der Waals surface area contributed by atoms with Gasteiger partial charge in [0.05, 0.1) is 10.6 Å². The molecule has 0 heterocycles. The Morgan fingerprint density at radius 1 is 1.17 bits per heavy atom. The SMILES string of the molecule is CNS(=O)(=O)c1ccc(CCC(=O)Nc2ccc(Cl)cc2F)cc1. The summed E-state index contributed by atoms with van der Waals surface area (Å²) in [6.45, 7) is 0. The molecule has 0 spiro atoms. The summed E-state index contributed by atoms with van der Waals surface area (Å²) in [4.78, 5) is 12.0. The molecule has 128 valence electrons. The maximum Gasteiger partial charge on any atom is 0.240 e. The van der Waals surface area contributed by atoms with Gasteiger partial charge in [0.25, 0.3) is 0 Å². The number of amides is 1. The number of sulfonamides is 1. The van der Waals surface area contributed by atoms with Crippen LogP contribution in [0.2, 0.25) is 5.02 Å². The number of carbonyl (C=O) groups excluding carboxylic acids is 1. The second kappa shape index (κ2) is 7.74. The van der Waals surface area contributed by atoms with Crippen molar-refractivity contribution >= 4 is 33.2 Å². The number of aryl methyl sites for hydroxylation is 1. The van der Waals surface area contributed by atoms with Gasteiger partial charge in [-0.1, -0.05) is 23.7 Å². The van der Waals surface area contributed by atoms with Crippen molar-refractivity contribution in [1.29, 1.82) is 0 Å². The Labute approximate surface area is 144 Å². The molecule has 5 nitrogen and oxygen atoms in total. The minimum absolute atomic E-state index is 0.0693. The number of anilines is 1. The number of hydrogen-bond donors (Lipinski definition) is 2. The van der Waals surface area contributed by atoms with Gasteiger partial charge < -0.3 is 5.32 Å². The molecule has 0 aromatic heterocycles. The van der Waals surface area contributed by atoms with Crippen LogP contribution >= 0.6 is 11.6 Å². The highest BCUT2D eigenvalue weighted by Crippen LogP contribution is 2.19. The Balaban J connectivity index is 1.94. The molecule has 0 aliphatic rings. The Bertz CT molecular complexity index is 839. The molecular weight excluding hydrogens is 355 g/mol. The lowest BCUT2D eigenvalue weighted by molar-refractivity contribution is -0.116. The molecule has 1 amide bonds. The van der Waals surface area contributed by atoms with Gasteiger partial charge in [-0.25, -0.2) is 17.5 Å². The van der Waals surface area contributed by atoms with Crippen LogP contribution in [0, 0.1) is 5.82 Å². The number of hydrogen-bond acceptors (Lipinski definition) is 3. The molecule has 0 fully saturated rings. The highest BCUT2D eigenvalue weighted by atomic mass is 35.5. The zero-order valence-corrected chi connectivity index (χ0v) is 14.4. The smallest absolute Gasteiger partial charge is 0.240 e. The third kappa shape index (κ3) is 4.77. The summed E-state index contributed by atoms with van der Waals surface area (Å²) in [5.41, 5.74) is 0.872. The van der Waals surface area contributed by atoms with Crippen molar-refractivity contribution in [2.24, 2.45) is 0 Å². The van der Waals surface area contributed by atoms with Gasteiger partial charge in [0.15, 0.2) is 0 Å². The molecule has 0 aliphatic heterocycles. The van der Waals surface area contributed by atoms with Crippen LogP contribution in [0.25, 0.3) is 0 Å². The largest absolute Gasteiger partial charge is 0.324 e. The van der Waals surface area contributed by atoms with Crippen LogP contribution < -0.4 is 10.0 Å². The van der Waals surface area contributed by atoms with Gasteiger partial charge in [-0.3, -0.25) is 4.79 Å². The van der Waals surface area contributed by atoms with Gasteiger partial charge in [-0.05, 0) is 49.4 Å². The summed E-state index contributed by atoms with van der Waals surface area (Å²) in [6.07, 6.45) is 0.543. The topological polar surface area (TPSA) is 75.3 Å². The molecule has 0 radical (unpaired) electrons. The van der Waals surface area contributed by atoms with Gasteiger partial charge in [0, 0.05) is 11.4 Å². The summed E-state index contributed by atoms with van der Waals surface area (Å²) in [5, 5.41) is 2.73. The van der Waals surface area contributed by atoms with E-state index < -0.39 is 15.8 Å². The molecule has 0 saturated carbocycles. The lowest BCUT2D eigenvalue weighted by Crippen LogP contribution is -2.18. The Kier molecular flexibility index (Phi) is 5.93. The number of benzene rings is 2. The summed E-state index contributed by atoms with van der Waals surface area (Å²) in [5.74, 6) is -0.944. The van der Waals surface area contributed by atoms with Crippen LogP contribution in [0.15, 0.2) is 47.4 Å². The molecule has 0 bridgehead atoms. The van der Waals surface area contributed by atoms with Crippen LogP contribution in [-0.2, 0) is 21.2 Å². The summed E-state index contributed by atoms with van der Waals surface area (Å²) in [6, 6.07) is 10.2. The van der Waals surface area contributed by atoms with Gasteiger partial charge in [-0.15, -0.1) is 0 Å². The highest BCUT2D eigenvalue weighted by molar-refractivity contribution is 7.89. The standard InChI is InChI=1S/C16H16ClFN2O3S/c1-19-24(22,23)13-6-2-11(3-7-13)4-9-16(21)20-15-8-5-12(17)10-14(15)18/h2-3,5-8,10,19H,4,9H2,1H3,(H,20,21). The fourth-order valence-corrected chi connectivity index (χ4v) is 2.90. The number of rotatable bonds is 6. The van der Waals surface area contributed by atoms with E-state index in [1.807, 2.05) is 0 Å². The lowest BCUT2D eigenvalue weighted by Gasteiger charge is -2.07. The van der Waals surface area contributed by atoms with E-state index in [1.54, 1.807) is 12.1 Å². The minimum Gasteiger partial charge on any atom is -0.324 e. The van der Waals surface area contributed by atoms with E-state index in [1.165, 1.54) is 31.3 Å². The maximum atomic E-state index is 13.6. The van der Waals surface area contributed by atoms with Crippen molar-refractivity contribution in [2.45, 2.75) is 17.7 Å². The minimum atomic E-state index is -3.48. The van der Waals surface area contributed by atoms with Crippen molar-refractivity contribution in [3.05, 3.63) is 58.9 Å². The molecule has 0 aliphatic carbocycles. The van der Waals surface area contributed by atoms with Gasteiger partial charge >= 0.3 is 0 Å². The fourth-order valence-electron chi connectivity index (χ4n) is 2.01. The third-order valence-corrected chi connectivity index (χ3v) is 5.01. The van der Waals surface area contributed by atoms with Gasteiger partial charge in [0.1, 0.15) is 5.82 Å². The molecule has 24 heavy (non-hydrogen) atoms. The average molecular weight is 371 g/mol. The second-order valence-corrected chi connectivity index (χ2v) is 7.35. The van der Waals surface area contributed by atoms with Crippen molar-refractivity contribution < 1.29 is 17.6 Å². The number of nitrogens with one attached hydrogen (secondary N) is 2. The molecular formula is C16H16ClFN2O3S. The van der Waals surface area contributed by atoms with E-state index in [4.69, 9.17) is 11.6 Å². The number of carbonyl (C=O) groups is 1. The first-order valence-electron chi connectivity index (χ1n) is 7.09. The third-order valence-electron chi connectivity index (χ3n) is 3.35. The molecule has 8 heteroatoms. The quantitative estimate of drug-likeness (QED) is 0.820. The molecule has 2 N–H and O–H groups in total. The van der Waals surface area contributed by atoms with E-state index in [0.717, 1.165) is 11.6 Å². The van der Waals surface area contributed by atoms with Crippen molar-refractivity contribution in [3.8, 4) is 0 Å². The normalized spacial score (nSPS) is 11.3. The first kappa shape index (κ1) is 18.4. The molecule has 0 atom stereocenters. The average Bonchev–Trinajstić information content (AvgIpc) is 2.56. The monoisotopic (exact) mass is 370 g/mol. The van der Waals surface area contributed by atoms with Crippen LogP contribution in [0.1, 0.15) is 12.0 Å². The predicted octanol–water partition coefficient (Wildman–Crippen LogP) is 2.96. The highest BCUT2D eigenvalue weighted by Gasteiger charge is 2.11. The van der Waals surface area contributed by atoms with Crippen LogP contribution in [0.5, 0.6) is 0 Å². The second-order valence-electron chi connectivity index (χ2n) is 5.02. The number of halogens is 2. The van der Waals surface area contributed by atoms with E-state index in [9.17, 15) is 17.6 Å². The summed E-state index contributed by atoms with van der Waals surface area (Å²) < 4.78 is 39.1. The van der Waals surface area contributed by atoms with Gasteiger partial charge in [0.2, 0.25) is 15.9 Å². The first-order chi connectivity index (χ1) is 11.3. The Hall–Kier alpha value is -1.96. The van der Waals surface area contributed by atoms with E-state index in [2.05, 4.69) is 10.0 Å². The van der Waals surface area contributed by atoms with Crippen LogP contribution in [0.3, 0.4) is 0 Å². The predicted molar refractivity (Wildman–Crippen MR) is 91.0 cm³/mol. The Morgan fingerprint density at radius 3 is 2.42 bits per heavy atom. The molecule has 0 unspecified atom stereocenters. The van der Waals surface area contributed by atoms with Crippen LogP contribution in [0.4, 0.5) is 10.1 Å². The lowest BCUT2D eigenvalue weighted by atomic mass is 10.1. The molecule has 0 saturated heterocycles. The van der Waals surface area contributed by atoms with Crippen molar-refractivity contribution in [1.82, 2.24) is 4.72 Å². The van der Waals surface area contributed by atoms with Crippen LogP contribution in [-0.4, -0.2) is 21.4 Å². The van der Waals surface area contributed by atoms with Crippen molar-refractivity contribution in [3.63, 3.8) is 0 Å². The van der Waals surface area contributed by atoms with E-state index >= 15 is 0 Å². The van der Waals surface area contributed by atoms with Gasteiger partial charge in [-0.2, -0.15) is 0 Å². The fraction of sp³-hybridized carbons (Fsp3) is 0.188.